The molecule has 0 aliphatic carbocycles. The molecule has 0 aliphatic heterocycles. The summed E-state index contributed by atoms with van der Waals surface area (Å²) in [5, 5.41) is 0. The highest BCUT2D eigenvalue weighted by atomic mass is 79.9. The van der Waals surface area contributed by atoms with Gasteiger partial charge in [-0.05, 0) is 37.6 Å². The summed E-state index contributed by atoms with van der Waals surface area (Å²) in [6, 6.07) is 4.92. The molecule has 0 saturated heterocycles. The van der Waals surface area contributed by atoms with E-state index in [0.29, 0.717) is 12.2 Å². The molecule has 0 spiro atoms. The van der Waals surface area contributed by atoms with Crippen LogP contribution in [0.15, 0.2) is 22.7 Å². The van der Waals surface area contributed by atoms with Crippen molar-refractivity contribution in [1.82, 2.24) is 0 Å². The van der Waals surface area contributed by atoms with Crippen LogP contribution >= 0.6 is 15.9 Å². The van der Waals surface area contributed by atoms with Crippen molar-refractivity contribution < 1.29 is 13.2 Å². The van der Waals surface area contributed by atoms with Crippen LogP contribution < -0.4 is 10.6 Å². The van der Waals surface area contributed by atoms with Gasteiger partial charge in [-0.2, -0.15) is 13.2 Å². The van der Waals surface area contributed by atoms with Crippen LogP contribution in [0.1, 0.15) is 19.4 Å². The monoisotopic (exact) mass is 324 g/mol. The molecule has 1 rings (SSSR count). The molecule has 0 aromatic heterocycles. The second-order valence-electron chi connectivity index (χ2n) is 4.36. The van der Waals surface area contributed by atoms with Gasteiger partial charge in [0.25, 0.3) is 0 Å². The number of nitrogens with zero attached hydrogens (tertiary/aromatic N) is 1. The predicted octanol–water partition coefficient (Wildman–Crippen LogP) is 3.68. The molecule has 2 N–H and O–H groups in total. The zero-order valence-corrected chi connectivity index (χ0v) is 11.8. The van der Waals surface area contributed by atoms with Crippen LogP contribution in [0.2, 0.25) is 0 Å². The number of hydrogen-bond donors (Lipinski definition) is 1. The van der Waals surface area contributed by atoms with Crippen molar-refractivity contribution >= 4 is 21.6 Å². The van der Waals surface area contributed by atoms with Gasteiger partial charge in [0, 0.05) is 22.7 Å². The molecular weight excluding hydrogens is 309 g/mol. The van der Waals surface area contributed by atoms with Crippen LogP contribution in [0.25, 0.3) is 0 Å². The molecule has 0 atom stereocenters. The minimum absolute atomic E-state index is 0.244. The third-order valence-electron chi connectivity index (χ3n) is 2.48. The molecule has 102 valence electrons. The molecule has 18 heavy (non-hydrogen) atoms. The largest absolute Gasteiger partial charge is 0.405 e. The fourth-order valence-electron chi connectivity index (χ4n) is 1.68. The first-order chi connectivity index (χ1) is 8.23. The van der Waals surface area contributed by atoms with Gasteiger partial charge >= 0.3 is 6.18 Å². The summed E-state index contributed by atoms with van der Waals surface area (Å²) in [5.74, 6) is 0. The third kappa shape index (κ3) is 4.49. The van der Waals surface area contributed by atoms with E-state index < -0.39 is 12.7 Å². The molecule has 0 amide bonds. The average molecular weight is 325 g/mol. The van der Waals surface area contributed by atoms with Gasteiger partial charge in [-0.25, -0.2) is 0 Å². The van der Waals surface area contributed by atoms with E-state index in [4.69, 9.17) is 5.73 Å². The standard InChI is InChI=1S/C12H16BrF3N2/c1-8(2)18(7-12(14,15)16)11-4-9(6-17)3-10(13)5-11/h3-5,8H,6-7,17H2,1-2H3. The first kappa shape index (κ1) is 15.3. The Hall–Kier alpha value is -0.750. The molecule has 1 aromatic rings. The van der Waals surface area contributed by atoms with E-state index in [-0.39, 0.29) is 6.04 Å². The smallest absolute Gasteiger partial charge is 0.360 e. The van der Waals surface area contributed by atoms with Gasteiger partial charge in [0.2, 0.25) is 0 Å². The normalized spacial score (nSPS) is 12.0. The molecule has 0 saturated carbocycles. The van der Waals surface area contributed by atoms with Crippen LogP contribution in [-0.4, -0.2) is 18.8 Å². The Kier molecular flexibility index (Phi) is 5.04. The van der Waals surface area contributed by atoms with Crippen molar-refractivity contribution in [2.75, 3.05) is 11.4 Å². The van der Waals surface area contributed by atoms with Gasteiger partial charge in [-0.3, -0.25) is 0 Å². The Labute approximate surface area is 113 Å². The van der Waals surface area contributed by atoms with Crippen LogP contribution in [0.5, 0.6) is 0 Å². The summed E-state index contributed by atoms with van der Waals surface area (Å²) >= 11 is 3.29. The molecule has 6 heteroatoms. The molecule has 1 aromatic carbocycles. The van der Waals surface area contributed by atoms with Gasteiger partial charge in [0.15, 0.2) is 0 Å². The van der Waals surface area contributed by atoms with Gasteiger partial charge in [0.05, 0.1) is 0 Å². The van der Waals surface area contributed by atoms with Crippen LogP contribution in [0.3, 0.4) is 0 Å². The maximum Gasteiger partial charge on any atom is 0.405 e. The molecule has 2 nitrogen and oxygen atoms in total. The van der Waals surface area contributed by atoms with E-state index in [0.717, 1.165) is 10.0 Å². The maximum absolute atomic E-state index is 12.6. The van der Waals surface area contributed by atoms with E-state index in [1.807, 2.05) is 0 Å². The Morgan fingerprint density at radius 3 is 2.33 bits per heavy atom. The summed E-state index contributed by atoms with van der Waals surface area (Å²) in [7, 11) is 0. The Balaban J connectivity index is 3.09. The molecule has 0 radical (unpaired) electrons. The second-order valence-corrected chi connectivity index (χ2v) is 5.27. The van der Waals surface area contributed by atoms with Gasteiger partial charge in [0.1, 0.15) is 6.54 Å². The third-order valence-corrected chi connectivity index (χ3v) is 2.94. The first-order valence-corrected chi connectivity index (χ1v) is 6.35. The summed E-state index contributed by atoms with van der Waals surface area (Å²) in [6.07, 6.45) is -4.23. The van der Waals surface area contributed by atoms with E-state index in [1.54, 1.807) is 32.0 Å². The van der Waals surface area contributed by atoms with Crippen molar-refractivity contribution in [3.05, 3.63) is 28.2 Å². The molecule has 0 heterocycles. The Morgan fingerprint density at radius 1 is 1.28 bits per heavy atom. The Bertz CT molecular complexity index is 405. The zero-order valence-electron chi connectivity index (χ0n) is 10.3. The number of nitrogens with two attached hydrogens (primary N) is 1. The molecular formula is C12H16BrF3N2. The quantitative estimate of drug-likeness (QED) is 0.915. The van der Waals surface area contributed by atoms with Crippen molar-refractivity contribution in [1.29, 1.82) is 0 Å². The molecule has 0 fully saturated rings. The number of alkyl halides is 3. The lowest BCUT2D eigenvalue weighted by Crippen LogP contribution is -2.39. The van der Waals surface area contributed by atoms with Crippen LogP contribution in [0, 0.1) is 0 Å². The lowest BCUT2D eigenvalue weighted by molar-refractivity contribution is -0.120. The van der Waals surface area contributed by atoms with Gasteiger partial charge in [-0.15, -0.1) is 0 Å². The number of anilines is 1. The number of hydrogen-bond acceptors (Lipinski definition) is 2. The van der Waals surface area contributed by atoms with E-state index in [9.17, 15) is 13.2 Å². The number of benzene rings is 1. The van der Waals surface area contributed by atoms with E-state index >= 15 is 0 Å². The highest BCUT2D eigenvalue weighted by molar-refractivity contribution is 9.10. The van der Waals surface area contributed by atoms with Crippen molar-refractivity contribution in [3.63, 3.8) is 0 Å². The minimum Gasteiger partial charge on any atom is -0.360 e. The van der Waals surface area contributed by atoms with E-state index in [2.05, 4.69) is 15.9 Å². The molecule has 0 unspecified atom stereocenters. The summed E-state index contributed by atoms with van der Waals surface area (Å²) < 4.78 is 38.4. The number of rotatable bonds is 4. The lowest BCUT2D eigenvalue weighted by Gasteiger charge is -2.30. The van der Waals surface area contributed by atoms with Crippen molar-refractivity contribution in [2.24, 2.45) is 5.73 Å². The highest BCUT2D eigenvalue weighted by Crippen LogP contribution is 2.27. The predicted molar refractivity (Wildman–Crippen MR) is 70.6 cm³/mol. The zero-order chi connectivity index (χ0) is 13.9. The maximum atomic E-state index is 12.6. The van der Waals surface area contributed by atoms with Gasteiger partial charge < -0.3 is 10.6 Å². The highest BCUT2D eigenvalue weighted by Gasteiger charge is 2.32. The lowest BCUT2D eigenvalue weighted by atomic mass is 10.1. The van der Waals surface area contributed by atoms with Crippen LogP contribution in [-0.2, 0) is 6.54 Å². The first-order valence-electron chi connectivity index (χ1n) is 5.56. The topological polar surface area (TPSA) is 29.3 Å². The SMILES string of the molecule is CC(C)N(CC(F)(F)F)c1cc(Br)cc(CN)c1. The minimum atomic E-state index is -4.23. The second kappa shape index (κ2) is 5.93. The average Bonchev–Trinajstić information content (AvgIpc) is 2.23. The number of halogens is 4. The molecule has 0 aliphatic rings. The van der Waals surface area contributed by atoms with Crippen molar-refractivity contribution in [2.45, 2.75) is 32.6 Å². The summed E-state index contributed by atoms with van der Waals surface area (Å²) in [5.41, 5.74) is 6.85. The summed E-state index contributed by atoms with van der Waals surface area (Å²) in [6.45, 7) is 2.79. The fraction of sp³-hybridized carbons (Fsp3) is 0.500. The van der Waals surface area contributed by atoms with Gasteiger partial charge in [-0.1, -0.05) is 15.9 Å². The van der Waals surface area contributed by atoms with Crippen molar-refractivity contribution in [3.8, 4) is 0 Å². The van der Waals surface area contributed by atoms with E-state index in [1.165, 1.54) is 4.90 Å². The molecule has 0 bridgehead atoms. The summed E-state index contributed by atoms with van der Waals surface area (Å²) in [4.78, 5) is 1.31. The Morgan fingerprint density at radius 2 is 1.89 bits per heavy atom. The fourth-order valence-corrected chi connectivity index (χ4v) is 2.21. The van der Waals surface area contributed by atoms with Crippen LogP contribution in [0.4, 0.5) is 18.9 Å².